The summed E-state index contributed by atoms with van der Waals surface area (Å²) in [5.41, 5.74) is 2.24. The number of rotatable bonds is 19. The van der Waals surface area contributed by atoms with Crippen LogP contribution >= 0.6 is 0 Å². The number of ether oxygens (including phenoxy) is 1. The number of para-hydroxylation sites is 1. The Hall–Kier alpha value is -3.30. The zero-order chi connectivity index (χ0) is 33.2. The van der Waals surface area contributed by atoms with Crippen molar-refractivity contribution in [1.82, 2.24) is 20.9 Å². The highest BCUT2D eigenvalue weighted by molar-refractivity contribution is 5.84. The molecule has 248 valence electrons. The number of carbonyl (C=O) groups excluding carboxylic acids is 3. The maximum atomic E-state index is 12.7. The van der Waals surface area contributed by atoms with Crippen LogP contribution in [-0.4, -0.2) is 75.4 Å². The van der Waals surface area contributed by atoms with E-state index < -0.39 is 0 Å². The Morgan fingerprint density at radius 2 is 1.73 bits per heavy atom. The van der Waals surface area contributed by atoms with Gasteiger partial charge in [-0.1, -0.05) is 70.0 Å². The molecule has 0 fully saturated rings. The maximum Gasteiger partial charge on any atom is 0.239 e. The zero-order valence-corrected chi connectivity index (χ0v) is 28.1. The smallest absolute Gasteiger partial charge is 0.239 e. The average molecular weight is 617 g/mol. The minimum Gasteiger partial charge on any atom is -0.492 e. The molecule has 3 N–H and O–H groups in total. The molecule has 2 atom stereocenters. The number of nitrogens with one attached hydrogen (secondary N) is 3. The van der Waals surface area contributed by atoms with Gasteiger partial charge < -0.3 is 30.4 Å². The van der Waals surface area contributed by atoms with Crippen molar-refractivity contribution in [2.45, 2.75) is 79.7 Å². The molecule has 2 aromatic rings. The van der Waals surface area contributed by atoms with Gasteiger partial charge >= 0.3 is 0 Å². The number of likely N-dealkylation sites (N-methyl/N-ethyl adjacent to an activating group) is 2. The van der Waals surface area contributed by atoms with Gasteiger partial charge in [0.2, 0.25) is 11.8 Å². The molecule has 8 nitrogen and oxygen atoms in total. The van der Waals surface area contributed by atoms with Gasteiger partial charge in [0.15, 0.2) is 0 Å². The summed E-state index contributed by atoms with van der Waals surface area (Å²) in [6, 6.07) is 14.4. The molecule has 2 unspecified atom stereocenters. The van der Waals surface area contributed by atoms with E-state index in [0.717, 1.165) is 55.4 Å². The predicted molar refractivity (Wildman–Crippen MR) is 178 cm³/mol. The fourth-order valence-electron chi connectivity index (χ4n) is 4.39. The summed E-state index contributed by atoms with van der Waals surface area (Å²) in [6.45, 7) is 15.0. The summed E-state index contributed by atoms with van der Waals surface area (Å²) in [4.78, 5) is 36.4. The largest absolute Gasteiger partial charge is 0.492 e. The van der Waals surface area contributed by atoms with E-state index in [4.69, 9.17) is 4.74 Å². The van der Waals surface area contributed by atoms with E-state index in [1.807, 2.05) is 45.9 Å². The van der Waals surface area contributed by atoms with E-state index in [2.05, 4.69) is 35.9 Å². The summed E-state index contributed by atoms with van der Waals surface area (Å²) in [6.07, 6.45) is 5.09. The summed E-state index contributed by atoms with van der Waals surface area (Å²) in [7, 11) is 1.67. The Balaban J connectivity index is 0.00000157. The molecule has 0 aromatic heterocycles. The van der Waals surface area contributed by atoms with E-state index >= 15 is 0 Å². The Kier molecular flexibility index (Phi) is 24.2. The SMILES string of the molecule is CC.CCCC(C)C(CC(=O)N(C)CC(=O)NCC)NCCOc1ccccc1CCCNCC=O.Cc1ccc(F)cc1. The van der Waals surface area contributed by atoms with Crippen molar-refractivity contribution >= 4 is 18.1 Å². The fourth-order valence-corrected chi connectivity index (χ4v) is 4.39. The summed E-state index contributed by atoms with van der Waals surface area (Å²) in [5.74, 6) is 0.848. The van der Waals surface area contributed by atoms with Gasteiger partial charge in [-0.15, -0.1) is 0 Å². The van der Waals surface area contributed by atoms with Crippen LogP contribution in [0.15, 0.2) is 48.5 Å². The summed E-state index contributed by atoms with van der Waals surface area (Å²) in [5, 5.41) is 9.32. The van der Waals surface area contributed by atoms with Crippen molar-refractivity contribution in [2.24, 2.45) is 5.92 Å². The van der Waals surface area contributed by atoms with E-state index in [0.29, 0.717) is 38.6 Å². The molecule has 9 heteroatoms. The van der Waals surface area contributed by atoms with Crippen LogP contribution < -0.4 is 20.7 Å². The second-order valence-electron chi connectivity index (χ2n) is 10.5. The van der Waals surface area contributed by atoms with Crippen molar-refractivity contribution in [3.63, 3.8) is 0 Å². The van der Waals surface area contributed by atoms with Gasteiger partial charge in [-0.2, -0.15) is 0 Å². The molecule has 0 saturated heterocycles. The Labute approximate surface area is 265 Å². The van der Waals surface area contributed by atoms with Crippen molar-refractivity contribution in [1.29, 1.82) is 0 Å². The third kappa shape index (κ3) is 19.1. The van der Waals surface area contributed by atoms with Gasteiger partial charge in [0.05, 0.1) is 13.1 Å². The molecule has 0 aliphatic rings. The number of carbonyl (C=O) groups is 3. The Bertz CT molecular complexity index is 1010. The van der Waals surface area contributed by atoms with Gasteiger partial charge in [0.25, 0.3) is 0 Å². The first-order chi connectivity index (χ1) is 21.2. The van der Waals surface area contributed by atoms with Gasteiger partial charge in [-0.3, -0.25) is 9.59 Å². The van der Waals surface area contributed by atoms with Crippen LogP contribution in [0.3, 0.4) is 0 Å². The number of aryl methyl sites for hydroxylation is 2. The first-order valence-corrected chi connectivity index (χ1v) is 16.0. The molecule has 0 saturated carbocycles. The molecule has 0 heterocycles. The number of benzene rings is 2. The normalized spacial score (nSPS) is 11.5. The molecular weight excluding hydrogens is 559 g/mol. The lowest BCUT2D eigenvalue weighted by Crippen LogP contribution is -2.44. The lowest BCUT2D eigenvalue weighted by atomic mass is 9.94. The van der Waals surface area contributed by atoms with Gasteiger partial charge in [0, 0.05) is 32.6 Å². The second-order valence-corrected chi connectivity index (χ2v) is 10.5. The number of halogens is 1. The zero-order valence-electron chi connectivity index (χ0n) is 28.1. The van der Waals surface area contributed by atoms with E-state index in [1.165, 1.54) is 17.0 Å². The van der Waals surface area contributed by atoms with Crippen LogP contribution in [-0.2, 0) is 20.8 Å². The molecule has 2 aromatic carbocycles. The molecule has 2 amide bonds. The highest BCUT2D eigenvalue weighted by Gasteiger charge is 2.22. The summed E-state index contributed by atoms with van der Waals surface area (Å²) < 4.78 is 18.1. The first kappa shape index (κ1) is 40.7. The molecule has 0 radical (unpaired) electrons. The van der Waals surface area contributed by atoms with E-state index in [-0.39, 0.29) is 30.2 Å². The Morgan fingerprint density at radius 3 is 2.34 bits per heavy atom. The van der Waals surface area contributed by atoms with E-state index in [9.17, 15) is 18.8 Å². The molecule has 0 bridgehead atoms. The summed E-state index contributed by atoms with van der Waals surface area (Å²) >= 11 is 0. The molecule has 44 heavy (non-hydrogen) atoms. The first-order valence-electron chi connectivity index (χ1n) is 16.0. The minimum absolute atomic E-state index is 0.0203. The average Bonchev–Trinajstić information content (AvgIpc) is 3.02. The predicted octanol–water partition coefficient (Wildman–Crippen LogP) is 5.33. The lowest BCUT2D eigenvalue weighted by molar-refractivity contribution is -0.135. The van der Waals surface area contributed by atoms with Gasteiger partial charge in [-0.05, 0) is 69.3 Å². The number of hydrogen-bond donors (Lipinski definition) is 3. The van der Waals surface area contributed by atoms with Crippen LogP contribution in [0, 0.1) is 18.7 Å². The van der Waals surface area contributed by atoms with Crippen LogP contribution in [0.4, 0.5) is 4.39 Å². The molecule has 0 aliphatic carbocycles. The molecular formula is C35H57FN4O4. The van der Waals surface area contributed by atoms with Crippen molar-refractivity contribution < 1.29 is 23.5 Å². The standard InChI is InChI=1S/C26H44N4O4.C7H7F.C2H6/c1-5-10-21(3)23(19-26(33)30(4)20-25(32)28-6-2)29-16-18-34-24-13-8-7-11-22(24)12-9-14-27-15-17-31;1-6-2-4-7(8)5-3-6;1-2/h7-8,11,13,17,21,23,27,29H,5-6,9-10,12,14-16,18-20H2,1-4H3,(H,28,32);2-5H,1H3;1-2H3. The minimum atomic E-state index is -0.171. The second kappa shape index (κ2) is 26.1. The highest BCUT2D eigenvalue weighted by Crippen LogP contribution is 2.20. The number of amides is 2. The fraction of sp³-hybridized carbons (Fsp3) is 0.571. The van der Waals surface area contributed by atoms with Gasteiger partial charge in [-0.25, -0.2) is 4.39 Å². The third-order valence-corrected chi connectivity index (χ3v) is 6.78. The van der Waals surface area contributed by atoms with E-state index in [1.54, 1.807) is 19.2 Å². The van der Waals surface area contributed by atoms with Crippen LogP contribution in [0.2, 0.25) is 0 Å². The molecule has 0 aliphatic heterocycles. The number of hydrogen-bond acceptors (Lipinski definition) is 6. The number of nitrogens with zero attached hydrogens (tertiary/aromatic N) is 1. The highest BCUT2D eigenvalue weighted by atomic mass is 19.1. The topological polar surface area (TPSA) is 99.8 Å². The van der Waals surface area contributed by atoms with Crippen LogP contribution in [0.1, 0.15) is 71.4 Å². The van der Waals surface area contributed by atoms with Crippen LogP contribution in [0.5, 0.6) is 5.75 Å². The maximum absolute atomic E-state index is 12.7. The van der Waals surface area contributed by atoms with Crippen LogP contribution in [0.25, 0.3) is 0 Å². The van der Waals surface area contributed by atoms with Crippen molar-refractivity contribution in [3.05, 3.63) is 65.5 Å². The van der Waals surface area contributed by atoms with Crippen molar-refractivity contribution in [2.75, 3.05) is 46.4 Å². The third-order valence-electron chi connectivity index (χ3n) is 6.78. The lowest BCUT2D eigenvalue weighted by Gasteiger charge is -2.27. The monoisotopic (exact) mass is 616 g/mol. The number of aldehydes is 1. The van der Waals surface area contributed by atoms with Gasteiger partial charge in [0.1, 0.15) is 24.5 Å². The Morgan fingerprint density at radius 1 is 1.05 bits per heavy atom. The molecule has 0 spiro atoms. The van der Waals surface area contributed by atoms with Crippen molar-refractivity contribution in [3.8, 4) is 5.75 Å². The molecule has 2 rings (SSSR count). The quantitative estimate of drug-likeness (QED) is 0.146.